The number of halogens is 2. The van der Waals surface area contributed by atoms with E-state index in [1.165, 1.54) is 6.33 Å². The first-order valence-corrected chi connectivity index (χ1v) is 7.10. The molecule has 1 fully saturated rings. The number of rotatable bonds is 1. The summed E-state index contributed by atoms with van der Waals surface area (Å²) in [6.45, 7) is 1.50. The van der Waals surface area contributed by atoms with Crippen LogP contribution in [0, 0.1) is 0 Å². The highest BCUT2D eigenvalue weighted by molar-refractivity contribution is 9.10. The molecule has 1 aromatic heterocycles. The van der Waals surface area contributed by atoms with Crippen LogP contribution in [-0.2, 0) is 10.8 Å². The van der Waals surface area contributed by atoms with E-state index in [-0.39, 0.29) is 0 Å². The second kappa shape index (κ2) is 4.76. The van der Waals surface area contributed by atoms with Crippen LogP contribution < -0.4 is 4.90 Å². The number of aromatic nitrogens is 2. The molecule has 1 aromatic rings. The molecular weight excluding hydrogens is 302 g/mol. The van der Waals surface area contributed by atoms with E-state index in [1.54, 1.807) is 0 Å². The number of hydrogen-bond acceptors (Lipinski definition) is 4. The highest BCUT2D eigenvalue weighted by Crippen LogP contribution is 2.29. The molecule has 0 saturated carbocycles. The predicted octanol–water partition coefficient (Wildman–Crippen LogP) is 1.46. The Hall–Kier alpha value is -0.200. The summed E-state index contributed by atoms with van der Waals surface area (Å²) < 4.78 is 11.9. The van der Waals surface area contributed by atoms with Gasteiger partial charge in [-0.05, 0) is 15.9 Å². The Balaban J connectivity index is 2.22. The lowest BCUT2D eigenvalue weighted by Crippen LogP contribution is -2.38. The summed E-state index contributed by atoms with van der Waals surface area (Å²) in [5.74, 6) is 2.16. The van der Waals surface area contributed by atoms with Gasteiger partial charge < -0.3 is 4.90 Å². The Morgan fingerprint density at radius 2 is 2.07 bits per heavy atom. The van der Waals surface area contributed by atoms with Gasteiger partial charge in [0.25, 0.3) is 0 Å². The van der Waals surface area contributed by atoms with E-state index < -0.39 is 10.8 Å². The molecule has 1 aliphatic heterocycles. The fourth-order valence-electron chi connectivity index (χ4n) is 1.41. The largest absolute Gasteiger partial charge is 0.354 e. The first-order chi connectivity index (χ1) is 7.18. The van der Waals surface area contributed by atoms with Crippen molar-refractivity contribution in [1.82, 2.24) is 9.97 Å². The Bertz CT molecular complexity index is 393. The number of nitrogens with zero attached hydrogens (tertiary/aromatic N) is 3. The van der Waals surface area contributed by atoms with Crippen LogP contribution in [0.5, 0.6) is 0 Å². The Morgan fingerprint density at radius 3 is 2.73 bits per heavy atom. The number of hydrogen-bond donors (Lipinski definition) is 0. The van der Waals surface area contributed by atoms with Gasteiger partial charge in [0.1, 0.15) is 17.3 Å². The third-order valence-corrected chi connectivity index (χ3v) is 4.73. The van der Waals surface area contributed by atoms with E-state index in [0.29, 0.717) is 21.1 Å². The molecule has 7 heteroatoms. The minimum atomic E-state index is -0.680. The summed E-state index contributed by atoms with van der Waals surface area (Å²) in [6, 6.07) is 0. The Morgan fingerprint density at radius 1 is 1.40 bits per heavy atom. The van der Waals surface area contributed by atoms with Crippen LogP contribution in [0.2, 0.25) is 5.15 Å². The highest BCUT2D eigenvalue weighted by Gasteiger charge is 2.19. The van der Waals surface area contributed by atoms with Gasteiger partial charge in [-0.15, -0.1) is 0 Å². The van der Waals surface area contributed by atoms with Crippen molar-refractivity contribution in [2.45, 2.75) is 0 Å². The highest BCUT2D eigenvalue weighted by atomic mass is 79.9. The van der Waals surface area contributed by atoms with Crippen molar-refractivity contribution in [2.24, 2.45) is 0 Å². The van der Waals surface area contributed by atoms with Gasteiger partial charge in [-0.3, -0.25) is 4.21 Å². The van der Waals surface area contributed by atoms with Crippen LogP contribution in [0.15, 0.2) is 10.8 Å². The van der Waals surface area contributed by atoms with E-state index in [9.17, 15) is 4.21 Å². The molecule has 0 spiro atoms. The summed E-state index contributed by atoms with van der Waals surface area (Å²) in [5.41, 5.74) is 0. The summed E-state index contributed by atoms with van der Waals surface area (Å²) in [5, 5.41) is 0.409. The van der Waals surface area contributed by atoms with Gasteiger partial charge in [0.05, 0.1) is 4.47 Å². The van der Waals surface area contributed by atoms with Gasteiger partial charge in [0.15, 0.2) is 0 Å². The molecule has 82 valence electrons. The molecule has 0 bridgehead atoms. The normalized spacial score (nSPS) is 18.1. The maximum atomic E-state index is 11.2. The first-order valence-electron chi connectivity index (χ1n) is 4.44. The smallest absolute Gasteiger partial charge is 0.148 e. The van der Waals surface area contributed by atoms with E-state index >= 15 is 0 Å². The van der Waals surface area contributed by atoms with Crippen molar-refractivity contribution >= 4 is 44.1 Å². The molecule has 0 atom stereocenters. The molecule has 0 unspecified atom stereocenters. The van der Waals surface area contributed by atoms with Crippen molar-refractivity contribution in [3.63, 3.8) is 0 Å². The Kier molecular flexibility index (Phi) is 3.58. The molecule has 2 rings (SSSR count). The standard InChI is InChI=1S/C8H9BrClN3OS/c9-6-7(10)11-5-12-8(6)13-1-3-15(14)4-2-13/h5H,1-4H2. The van der Waals surface area contributed by atoms with Gasteiger partial charge in [-0.25, -0.2) is 9.97 Å². The quantitative estimate of drug-likeness (QED) is 0.737. The molecule has 0 amide bonds. The zero-order valence-corrected chi connectivity index (χ0v) is 11.0. The molecule has 0 N–H and O–H groups in total. The summed E-state index contributed by atoms with van der Waals surface area (Å²) in [6.07, 6.45) is 1.44. The molecule has 1 saturated heterocycles. The lowest BCUT2D eigenvalue weighted by molar-refractivity contribution is 0.672. The van der Waals surface area contributed by atoms with Crippen molar-refractivity contribution in [2.75, 3.05) is 29.5 Å². The Labute approximate surface area is 104 Å². The summed E-state index contributed by atoms with van der Waals surface area (Å²) in [4.78, 5) is 10.1. The van der Waals surface area contributed by atoms with Crippen LogP contribution >= 0.6 is 27.5 Å². The summed E-state index contributed by atoms with van der Waals surface area (Å²) in [7, 11) is -0.680. The zero-order chi connectivity index (χ0) is 10.8. The van der Waals surface area contributed by atoms with Gasteiger partial charge in [0.2, 0.25) is 0 Å². The molecule has 1 aliphatic rings. The van der Waals surface area contributed by atoms with Gasteiger partial charge in [-0.1, -0.05) is 11.6 Å². The van der Waals surface area contributed by atoms with Crippen molar-refractivity contribution in [1.29, 1.82) is 0 Å². The minimum absolute atomic E-state index is 0.409. The lowest BCUT2D eigenvalue weighted by Gasteiger charge is -2.27. The molecule has 0 aliphatic carbocycles. The minimum Gasteiger partial charge on any atom is -0.354 e. The maximum Gasteiger partial charge on any atom is 0.148 e. The van der Waals surface area contributed by atoms with Crippen molar-refractivity contribution in [3.05, 3.63) is 16.0 Å². The van der Waals surface area contributed by atoms with Gasteiger partial charge >= 0.3 is 0 Å². The van der Waals surface area contributed by atoms with E-state index in [1.807, 2.05) is 0 Å². The zero-order valence-electron chi connectivity index (χ0n) is 7.82. The summed E-state index contributed by atoms with van der Waals surface area (Å²) >= 11 is 9.23. The fraction of sp³-hybridized carbons (Fsp3) is 0.500. The van der Waals surface area contributed by atoms with Crippen LogP contribution in [0.1, 0.15) is 0 Å². The molecule has 15 heavy (non-hydrogen) atoms. The van der Waals surface area contributed by atoms with E-state index in [0.717, 1.165) is 18.9 Å². The van der Waals surface area contributed by atoms with Gasteiger partial charge in [0, 0.05) is 35.4 Å². The SMILES string of the molecule is O=S1CCN(c2ncnc(Cl)c2Br)CC1. The average Bonchev–Trinajstić information content (AvgIpc) is 2.24. The second-order valence-electron chi connectivity index (χ2n) is 3.14. The molecule has 0 aromatic carbocycles. The van der Waals surface area contributed by atoms with E-state index in [4.69, 9.17) is 11.6 Å². The predicted molar refractivity (Wildman–Crippen MR) is 64.8 cm³/mol. The molecule has 2 heterocycles. The third kappa shape index (κ3) is 2.49. The first kappa shape index (κ1) is 11.3. The lowest BCUT2D eigenvalue weighted by atomic mass is 10.4. The topological polar surface area (TPSA) is 46.1 Å². The van der Waals surface area contributed by atoms with Crippen LogP contribution in [0.4, 0.5) is 5.82 Å². The fourth-order valence-corrected chi connectivity index (χ4v) is 3.05. The average molecular weight is 311 g/mol. The van der Waals surface area contributed by atoms with E-state index in [2.05, 4.69) is 30.8 Å². The third-order valence-electron chi connectivity index (χ3n) is 2.21. The molecular formula is C8H9BrClN3OS. The molecule has 4 nitrogen and oxygen atoms in total. The maximum absolute atomic E-state index is 11.2. The van der Waals surface area contributed by atoms with Crippen LogP contribution in [0.25, 0.3) is 0 Å². The number of anilines is 1. The monoisotopic (exact) mass is 309 g/mol. The second-order valence-corrected chi connectivity index (χ2v) is 5.98. The molecule has 0 radical (unpaired) electrons. The van der Waals surface area contributed by atoms with Crippen molar-refractivity contribution in [3.8, 4) is 0 Å². The van der Waals surface area contributed by atoms with Crippen LogP contribution in [0.3, 0.4) is 0 Å². The van der Waals surface area contributed by atoms with Crippen molar-refractivity contribution < 1.29 is 4.21 Å². The van der Waals surface area contributed by atoms with Crippen LogP contribution in [-0.4, -0.2) is 38.8 Å². The van der Waals surface area contributed by atoms with Gasteiger partial charge in [-0.2, -0.15) is 0 Å².